The van der Waals surface area contributed by atoms with Crippen molar-refractivity contribution < 1.29 is 23.9 Å². The molecular formula is C27H32N2O5. The largest absolute Gasteiger partial charge is 0.494 e. The topological polar surface area (TPSA) is 76.2 Å². The van der Waals surface area contributed by atoms with Crippen molar-refractivity contribution in [3.8, 4) is 5.75 Å². The van der Waals surface area contributed by atoms with Gasteiger partial charge in [0.25, 0.3) is 5.91 Å². The highest BCUT2D eigenvalue weighted by atomic mass is 16.5. The number of nitrogens with zero attached hydrogens (tertiary/aromatic N) is 2. The monoisotopic (exact) mass is 464 g/mol. The maximum Gasteiger partial charge on any atom is 0.302 e. The third kappa shape index (κ3) is 5.76. The molecule has 2 heterocycles. The summed E-state index contributed by atoms with van der Waals surface area (Å²) in [5.74, 6) is 0.642. The molecule has 0 unspecified atom stereocenters. The zero-order chi connectivity index (χ0) is 23.9. The first-order valence-corrected chi connectivity index (χ1v) is 12.1. The fraction of sp³-hybridized carbons (Fsp3) is 0.444. The second-order valence-corrected chi connectivity index (χ2v) is 8.84. The van der Waals surface area contributed by atoms with Gasteiger partial charge in [0.05, 0.1) is 13.2 Å². The summed E-state index contributed by atoms with van der Waals surface area (Å²) in [6.07, 6.45) is 4.45. The molecule has 2 aromatic carbocycles. The lowest BCUT2D eigenvalue weighted by Crippen LogP contribution is -2.50. The van der Waals surface area contributed by atoms with E-state index in [9.17, 15) is 14.4 Å². The van der Waals surface area contributed by atoms with E-state index in [1.54, 1.807) is 12.1 Å². The number of carbonyl (C=O) groups is 3. The van der Waals surface area contributed by atoms with Crippen molar-refractivity contribution in [3.05, 3.63) is 59.7 Å². The maximum absolute atomic E-state index is 13.0. The molecule has 7 heteroatoms. The fourth-order valence-electron chi connectivity index (χ4n) is 4.67. The minimum Gasteiger partial charge on any atom is -0.494 e. The van der Waals surface area contributed by atoms with Crippen LogP contribution in [0.4, 0.5) is 5.69 Å². The average Bonchev–Trinajstić information content (AvgIpc) is 2.86. The van der Waals surface area contributed by atoms with Crippen molar-refractivity contribution >= 4 is 23.5 Å². The molecule has 0 atom stereocenters. The number of likely N-dealkylation sites (tertiary alicyclic amines) is 1. The lowest BCUT2D eigenvalue weighted by Gasteiger charge is -2.41. The van der Waals surface area contributed by atoms with Crippen LogP contribution in [-0.4, -0.2) is 55.0 Å². The molecule has 2 aliphatic heterocycles. The van der Waals surface area contributed by atoms with Crippen molar-refractivity contribution in [2.45, 2.75) is 51.5 Å². The second kappa shape index (κ2) is 11.2. The van der Waals surface area contributed by atoms with Gasteiger partial charge in [0.15, 0.2) is 0 Å². The number of aryl methyl sites for hydroxylation is 1. The van der Waals surface area contributed by atoms with Crippen molar-refractivity contribution in [2.24, 2.45) is 0 Å². The molecule has 0 radical (unpaired) electrons. The Balaban J connectivity index is 1.26. The molecule has 180 valence electrons. The molecular weight excluding hydrogens is 432 g/mol. The number of esters is 1. The maximum atomic E-state index is 13.0. The Morgan fingerprint density at radius 2 is 1.65 bits per heavy atom. The zero-order valence-electron chi connectivity index (χ0n) is 19.7. The summed E-state index contributed by atoms with van der Waals surface area (Å²) in [6, 6.07) is 15.5. The van der Waals surface area contributed by atoms with Crippen LogP contribution in [0, 0.1) is 0 Å². The van der Waals surface area contributed by atoms with E-state index in [2.05, 4.69) is 6.07 Å². The van der Waals surface area contributed by atoms with Gasteiger partial charge in [-0.25, -0.2) is 0 Å². The number of carbonyl (C=O) groups excluding carboxylic acids is 3. The number of rotatable bonds is 8. The Bertz CT molecular complexity index is 1010. The normalized spacial score (nSPS) is 16.2. The van der Waals surface area contributed by atoms with E-state index in [4.69, 9.17) is 9.47 Å². The molecule has 0 saturated carbocycles. The number of amides is 2. The number of ether oxygens (including phenoxy) is 2. The first kappa shape index (κ1) is 23.8. The van der Waals surface area contributed by atoms with E-state index >= 15 is 0 Å². The number of anilines is 1. The lowest BCUT2D eigenvalue weighted by molar-refractivity contribution is -0.141. The molecule has 0 aliphatic carbocycles. The van der Waals surface area contributed by atoms with Gasteiger partial charge in [-0.05, 0) is 68.0 Å². The van der Waals surface area contributed by atoms with Crippen LogP contribution in [0.1, 0.15) is 54.9 Å². The zero-order valence-corrected chi connectivity index (χ0v) is 19.7. The molecule has 2 aliphatic rings. The summed E-state index contributed by atoms with van der Waals surface area (Å²) in [7, 11) is 0. The third-order valence-corrected chi connectivity index (χ3v) is 6.46. The first-order valence-electron chi connectivity index (χ1n) is 12.1. The van der Waals surface area contributed by atoms with Crippen LogP contribution >= 0.6 is 0 Å². The second-order valence-electron chi connectivity index (χ2n) is 8.84. The van der Waals surface area contributed by atoms with Gasteiger partial charge in [-0.1, -0.05) is 18.2 Å². The van der Waals surface area contributed by atoms with Crippen LogP contribution in [-0.2, 0) is 20.7 Å². The number of hydrogen-bond donors (Lipinski definition) is 0. The first-order chi connectivity index (χ1) is 16.5. The minimum atomic E-state index is -0.268. The molecule has 34 heavy (non-hydrogen) atoms. The number of hydrogen-bond acceptors (Lipinski definition) is 5. The number of para-hydroxylation sites is 1. The SMILES string of the molecule is CC(=O)OCCCCOc1ccc(C(=O)N2CCC(N3C(=O)CCc4ccccc43)CC2)cc1. The van der Waals surface area contributed by atoms with Crippen molar-refractivity contribution in [1.82, 2.24) is 4.90 Å². The number of benzene rings is 2. The Kier molecular flexibility index (Phi) is 7.83. The molecule has 4 rings (SSSR count). The smallest absolute Gasteiger partial charge is 0.302 e. The summed E-state index contributed by atoms with van der Waals surface area (Å²) >= 11 is 0. The predicted molar refractivity (Wildman–Crippen MR) is 129 cm³/mol. The van der Waals surface area contributed by atoms with E-state index in [0.29, 0.717) is 44.0 Å². The van der Waals surface area contributed by atoms with E-state index in [-0.39, 0.29) is 23.8 Å². The van der Waals surface area contributed by atoms with Crippen molar-refractivity contribution in [3.63, 3.8) is 0 Å². The molecule has 2 amide bonds. The predicted octanol–water partition coefficient (Wildman–Crippen LogP) is 3.99. The highest BCUT2D eigenvalue weighted by Crippen LogP contribution is 2.32. The quantitative estimate of drug-likeness (QED) is 0.436. The van der Waals surface area contributed by atoms with E-state index in [1.165, 1.54) is 12.5 Å². The van der Waals surface area contributed by atoms with Gasteiger partial charge < -0.3 is 19.3 Å². The van der Waals surface area contributed by atoms with Crippen LogP contribution in [0.25, 0.3) is 0 Å². The van der Waals surface area contributed by atoms with Crippen molar-refractivity contribution in [2.75, 3.05) is 31.2 Å². The molecule has 1 saturated heterocycles. The Labute approximate surface area is 200 Å². The average molecular weight is 465 g/mol. The summed E-state index contributed by atoms with van der Waals surface area (Å²) in [5, 5.41) is 0. The van der Waals surface area contributed by atoms with Crippen LogP contribution in [0.2, 0.25) is 0 Å². The lowest BCUT2D eigenvalue weighted by atomic mass is 9.95. The Morgan fingerprint density at radius 1 is 0.941 bits per heavy atom. The van der Waals surface area contributed by atoms with Gasteiger partial charge in [0.2, 0.25) is 5.91 Å². The Hall–Kier alpha value is -3.35. The summed E-state index contributed by atoms with van der Waals surface area (Å²) in [4.78, 5) is 40.3. The number of fused-ring (bicyclic) bond motifs is 1. The van der Waals surface area contributed by atoms with Gasteiger partial charge in [0, 0.05) is 43.7 Å². The standard InChI is InChI=1S/C27H32N2O5/c1-20(30)33-18-4-5-19-34-24-11-8-22(9-12-24)27(32)28-16-14-23(15-17-28)29-25-7-3-2-6-21(25)10-13-26(29)31/h2-3,6-9,11-12,23H,4-5,10,13-19H2,1H3. The van der Waals surface area contributed by atoms with Gasteiger partial charge in [-0.2, -0.15) is 0 Å². The number of unbranched alkanes of at least 4 members (excludes halogenated alkanes) is 1. The molecule has 0 bridgehead atoms. The molecule has 0 spiro atoms. The van der Waals surface area contributed by atoms with Gasteiger partial charge in [-0.3, -0.25) is 14.4 Å². The van der Waals surface area contributed by atoms with E-state index in [0.717, 1.165) is 37.8 Å². The molecule has 0 N–H and O–H groups in total. The van der Waals surface area contributed by atoms with Gasteiger partial charge >= 0.3 is 5.97 Å². The van der Waals surface area contributed by atoms with E-state index < -0.39 is 0 Å². The Morgan fingerprint density at radius 3 is 2.38 bits per heavy atom. The minimum absolute atomic E-state index is 0.0109. The number of piperidine rings is 1. The van der Waals surface area contributed by atoms with E-state index in [1.807, 2.05) is 40.1 Å². The van der Waals surface area contributed by atoms with Gasteiger partial charge in [0.1, 0.15) is 5.75 Å². The molecule has 7 nitrogen and oxygen atoms in total. The molecule has 2 aromatic rings. The molecule has 1 fully saturated rings. The van der Waals surface area contributed by atoms with Crippen LogP contribution in [0.3, 0.4) is 0 Å². The van der Waals surface area contributed by atoms with Crippen LogP contribution in [0.5, 0.6) is 5.75 Å². The van der Waals surface area contributed by atoms with Crippen LogP contribution in [0.15, 0.2) is 48.5 Å². The highest BCUT2D eigenvalue weighted by Gasteiger charge is 2.33. The van der Waals surface area contributed by atoms with Gasteiger partial charge in [-0.15, -0.1) is 0 Å². The summed E-state index contributed by atoms with van der Waals surface area (Å²) < 4.78 is 10.6. The highest BCUT2D eigenvalue weighted by molar-refractivity contribution is 5.97. The van der Waals surface area contributed by atoms with Crippen LogP contribution < -0.4 is 9.64 Å². The third-order valence-electron chi connectivity index (χ3n) is 6.46. The molecule has 0 aromatic heterocycles. The van der Waals surface area contributed by atoms with Crippen molar-refractivity contribution in [1.29, 1.82) is 0 Å². The fourth-order valence-corrected chi connectivity index (χ4v) is 4.67. The summed E-state index contributed by atoms with van der Waals surface area (Å²) in [5.41, 5.74) is 2.90. The summed E-state index contributed by atoms with van der Waals surface area (Å²) in [6.45, 7) is 3.60.